The number of carbonyl (C=O) groups is 2. The topological polar surface area (TPSA) is 93.2 Å². The van der Waals surface area contributed by atoms with Gasteiger partial charge in [-0.05, 0) is 42.7 Å². The Kier molecular flexibility index (Phi) is 8.64. The molecule has 1 aromatic heterocycles. The van der Waals surface area contributed by atoms with E-state index >= 15 is 0 Å². The number of benzene rings is 1. The summed E-state index contributed by atoms with van der Waals surface area (Å²) in [7, 11) is 0. The van der Waals surface area contributed by atoms with Crippen molar-refractivity contribution in [1.29, 1.82) is 0 Å². The maximum absolute atomic E-state index is 13.0. The van der Waals surface area contributed by atoms with Gasteiger partial charge >= 0.3 is 5.97 Å². The van der Waals surface area contributed by atoms with Crippen molar-refractivity contribution in [1.82, 2.24) is 15.2 Å². The standard InChI is InChI=1S/C27H36N4O5/c1-4-34-27(33)21-7-9-24(28-17-21)31-12-10-30(11-13-31)18-25(32)29-26(19(2)3)20-6-8-22-23(16-20)36-15-5-14-35-22/h6-9,16-17,19,26H,4-5,10-15,18H2,1-3H3,(H,29,32). The molecule has 9 nitrogen and oxygen atoms in total. The Hall–Kier alpha value is -3.33. The molecule has 1 atom stereocenters. The van der Waals surface area contributed by atoms with Crippen molar-refractivity contribution in [2.45, 2.75) is 33.2 Å². The van der Waals surface area contributed by atoms with Gasteiger partial charge in [0.05, 0.1) is 38.0 Å². The van der Waals surface area contributed by atoms with Crippen molar-refractivity contribution < 1.29 is 23.8 Å². The smallest absolute Gasteiger partial charge is 0.339 e. The number of nitrogens with zero attached hydrogens (tertiary/aromatic N) is 3. The second-order valence-corrected chi connectivity index (χ2v) is 9.43. The number of carbonyl (C=O) groups excluding carboxylic acids is 2. The highest BCUT2D eigenvalue weighted by atomic mass is 16.5. The molecular formula is C27H36N4O5. The number of fused-ring (bicyclic) bond motifs is 1. The Morgan fingerprint density at radius 3 is 2.47 bits per heavy atom. The fourth-order valence-electron chi connectivity index (χ4n) is 4.47. The number of hydrogen-bond donors (Lipinski definition) is 1. The van der Waals surface area contributed by atoms with Crippen LogP contribution in [0.15, 0.2) is 36.5 Å². The van der Waals surface area contributed by atoms with Crippen LogP contribution in [0, 0.1) is 5.92 Å². The number of esters is 1. The van der Waals surface area contributed by atoms with E-state index in [1.54, 1.807) is 19.2 Å². The molecule has 3 heterocycles. The van der Waals surface area contributed by atoms with Gasteiger partial charge in [-0.1, -0.05) is 19.9 Å². The molecule has 1 saturated heterocycles. The minimum Gasteiger partial charge on any atom is -0.490 e. The summed E-state index contributed by atoms with van der Waals surface area (Å²) in [6.07, 6.45) is 2.41. The first-order chi connectivity index (χ1) is 17.4. The van der Waals surface area contributed by atoms with Gasteiger partial charge in [0.25, 0.3) is 0 Å². The zero-order valence-electron chi connectivity index (χ0n) is 21.4. The van der Waals surface area contributed by atoms with Gasteiger partial charge in [-0.15, -0.1) is 0 Å². The lowest BCUT2D eigenvalue weighted by atomic mass is 9.95. The molecule has 1 N–H and O–H groups in total. The summed E-state index contributed by atoms with van der Waals surface area (Å²) in [5, 5.41) is 3.23. The van der Waals surface area contributed by atoms with Gasteiger partial charge < -0.3 is 24.4 Å². The number of anilines is 1. The van der Waals surface area contributed by atoms with Gasteiger partial charge in [-0.3, -0.25) is 9.69 Å². The fourth-order valence-corrected chi connectivity index (χ4v) is 4.47. The number of pyridine rings is 1. The van der Waals surface area contributed by atoms with Crippen LogP contribution in [0.2, 0.25) is 0 Å². The quantitative estimate of drug-likeness (QED) is 0.558. The number of amides is 1. The summed E-state index contributed by atoms with van der Waals surface area (Å²) in [6, 6.07) is 9.41. The molecule has 0 spiro atoms. The summed E-state index contributed by atoms with van der Waals surface area (Å²) in [5.41, 5.74) is 1.47. The fraction of sp³-hybridized carbons (Fsp3) is 0.519. The van der Waals surface area contributed by atoms with Crippen molar-refractivity contribution in [3.63, 3.8) is 0 Å². The monoisotopic (exact) mass is 496 g/mol. The Balaban J connectivity index is 1.30. The molecule has 194 valence electrons. The highest BCUT2D eigenvalue weighted by Gasteiger charge is 2.24. The molecule has 2 aliphatic heterocycles. The van der Waals surface area contributed by atoms with E-state index in [0.717, 1.165) is 55.5 Å². The first kappa shape index (κ1) is 25.8. The second-order valence-electron chi connectivity index (χ2n) is 9.43. The third kappa shape index (κ3) is 6.46. The maximum atomic E-state index is 13.0. The largest absolute Gasteiger partial charge is 0.490 e. The number of aromatic nitrogens is 1. The van der Waals surface area contributed by atoms with E-state index < -0.39 is 0 Å². The third-order valence-electron chi connectivity index (χ3n) is 6.44. The maximum Gasteiger partial charge on any atom is 0.339 e. The zero-order valence-corrected chi connectivity index (χ0v) is 21.4. The van der Waals surface area contributed by atoms with E-state index in [1.165, 1.54) is 0 Å². The SMILES string of the molecule is CCOC(=O)c1ccc(N2CCN(CC(=O)NC(c3ccc4c(c3)OCCCO4)C(C)C)CC2)nc1. The van der Waals surface area contributed by atoms with Crippen LogP contribution in [0.3, 0.4) is 0 Å². The van der Waals surface area contributed by atoms with E-state index in [4.69, 9.17) is 14.2 Å². The summed E-state index contributed by atoms with van der Waals surface area (Å²) >= 11 is 0. The predicted octanol–water partition coefficient (Wildman–Crippen LogP) is 3.06. The average Bonchev–Trinajstić information content (AvgIpc) is 3.13. The van der Waals surface area contributed by atoms with Crippen LogP contribution >= 0.6 is 0 Å². The predicted molar refractivity (Wildman–Crippen MR) is 137 cm³/mol. The minimum atomic E-state index is -0.362. The molecule has 0 radical (unpaired) electrons. The number of nitrogens with one attached hydrogen (secondary N) is 1. The van der Waals surface area contributed by atoms with Crippen molar-refractivity contribution in [2.24, 2.45) is 5.92 Å². The Bertz CT molecular complexity index is 1030. The summed E-state index contributed by atoms with van der Waals surface area (Å²) < 4.78 is 16.6. The van der Waals surface area contributed by atoms with Gasteiger partial charge in [0.15, 0.2) is 11.5 Å². The Morgan fingerprint density at radius 2 is 1.81 bits per heavy atom. The van der Waals surface area contributed by atoms with Gasteiger partial charge in [-0.25, -0.2) is 9.78 Å². The van der Waals surface area contributed by atoms with E-state index in [-0.39, 0.29) is 23.8 Å². The third-order valence-corrected chi connectivity index (χ3v) is 6.44. The van der Waals surface area contributed by atoms with Crippen LogP contribution in [0.25, 0.3) is 0 Å². The molecule has 0 bridgehead atoms. The van der Waals surface area contributed by atoms with Gasteiger partial charge in [-0.2, -0.15) is 0 Å². The molecular weight excluding hydrogens is 460 g/mol. The lowest BCUT2D eigenvalue weighted by Gasteiger charge is -2.35. The molecule has 9 heteroatoms. The zero-order chi connectivity index (χ0) is 25.5. The average molecular weight is 497 g/mol. The first-order valence-electron chi connectivity index (χ1n) is 12.7. The van der Waals surface area contributed by atoms with Crippen molar-refractivity contribution >= 4 is 17.7 Å². The second kappa shape index (κ2) is 12.1. The van der Waals surface area contributed by atoms with Crippen molar-refractivity contribution in [3.05, 3.63) is 47.7 Å². The number of ether oxygens (including phenoxy) is 3. The van der Waals surface area contributed by atoms with Crippen molar-refractivity contribution in [3.8, 4) is 11.5 Å². The van der Waals surface area contributed by atoms with Crippen LogP contribution in [0.1, 0.15) is 49.2 Å². The summed E-state index contributed by atoms with van der Waals surface area (Å²) in [5.74, 6) is 2.18. The number of hydrogen-bond acceptors (Lipinski definition) is 8. The lowest BCUT2D eigenvalue weighted by Crippen LogP contribution is -2.50. The minimum absolute atomic E-state index is 0.00572. The van der Waals surface area contributed by atoms with E-state index in [2.05, 4.69) is 33.9 Å². The lowest BCUT2D eigenvalue weighted by molar-refractivity contribution is -0.123. The molecule has 1 fully saturated rings. The molecule has 0 saturated carbocycles. The van der Waals surface area contributed by atoms with E-state index in [1.807, 2.05) is 24.3 Å². The molecule has 2 aromatic rings. The molecule has 1 amide bonds. The van der Waals surface area contributed by atoms with Gasteiger partial charge in [0, 0.05) is 38.8 Å². The Morgan fingerprint density at radius 1 is 1.06 bits per heavy atom. The van der Waals surface area contributed by atoms with Gasteiger partial charge in [0.1, 0.15) is 5.82 Å². The summed E-state index contributed by atoms with van der Waals surface area (Å²) in [4.78, 5) is 33.6. The highest BCUT2D eigenvalue weighted by molar-refractivity contribution is 5.89. The molecule has 4 rings (SSSR count). The summed E-state index contributed by atoms with van der Waals surface area (Å²) in [6.45, 7) is 11.0. The van der Waals surface area contributed by atoms with Crippen LogP contribution in [-0.2, 0) is 9.53 Å². The molecule has 1 unspecified atom stereocenters. The van der Waals surface area contributed by atoms with Crippen LogP contribution in [0.4, 0.5) is 5.82 Å². The van der Waals surface area contributed by atoms with Crippen molar-refractivity contribution in [2.75, 3.05) is 57.4 Å². The van der Waals surface area contributed by atoms with Crippen LogP contribution in [0.5, 0.6) is 11.5 Å². The molecule has 1 aromatic carbocycles. The molecule has 0 aliphatic carbocycles. The van der Waals surface area contributed by atoms with Crippen LogP contribution in [-0.4, -0.2) is 74.3 Å². The number of piperazine rings is 1. The normalized spacial score (nSPS) is 16.8. The van der Waals surface area contributed by atoms with E-state index in [9.17, 15) is 9.59 Å². The first-order valence-corrected chi connectivity index (χ1v) is 12.7. The van der Waals surface area contributed by atoms with Gasteiger partial charge in [0.2, 0.25) is 5.91 Å². The molecule has 36 heavy (non-hydrogen) atoms. The Labute approximate surface area is 212 Å². The number of rotatable bonds is 8. The van der Waals surface area contributed by atoms with Crippen LogP contribution < -0.4 is 19.7 Å². The van der Waals surface area contributed by atoms with E-state index in [0.29, 0.717) is 31.9 Å². The molecule has 2 aliphatic rings. The highest BCUT2D eigenvalue weighted by Crippen LogP contribution is 2.34.